The molecule has 1 heterocycles. The number of benzene rings is 2. The first-order valence-electron chi connectivity index (χ1n) is 7.14. The second-order valence-corrected chi connectivity index (χ2v) is 6.83. The van der Waals surface area contributed by atoms with Crippen LogP contribution in [0.25, 0.3) is 0 Å². The van der Waals surface area contributed by atoms with Gasteiger partial charge in [0.05, 0.1) is 12.5 Å². The average molecular weight is 349 g/mol. The fourth-order valence-electron chi connectivity index (χ4n) is 2.76. The van der Waals surface area contributed by atoms with Gasteiger partial charge in [-0.25, -0.2) is 8.78 Å². The van der Waals surface area contributed by atoms with Crippen LogP contribution in [0.5, 0.6) is 0 Å². The van der Waals surface area contributed by atoms with E-state index in [4.69, 9.17) is 0 Å². The summed E-state index contributed by atoms with van der Waals surface area (Å²) in [6, 6.07) is 10.8. The minimum Gasteiger partial charge on any atom is -0.480 e. The van der Waals surface area contributed by atoms with Crippen molar-refractivity contribution in [3.05, 3.63) is 65.7 Å². The standard InChI is InChI=1S/C17H13F2NO3S/c18-11-6-7-13(12(19)8-11)24-17(16(22)23)9-14(21)20-15(17)10-4-2-1-3-5-10/h1-8,15H,9H2,(H,20,21)(H,22,23). The number of hydrogen-bond donors (Lipinski definition) is 2. The van der Waals surface area contributed by atoms with E-state index in [0.29, 0.717) is 11.6 Å². The van der Waals surface area contributed by atoms with Crippen LogP contribution < -0.4 is 5.32 Å². The predicted octanol–water partition coefficient (Wildman–Crippen LogP) is 3.14. The molecule has 2 aromatic carbocycles. The van der Waals surface area contributed by atoms with E-state index >= 15 is 0 Å². The van der Waals surface area contributed by atoms with Crippen LogP contribution in [-0.4, -0.2) is 21.7 Å². The van der Waals surface area contributed by atoms with Gasteiger partial charge in [-0.05, 0) is 17.7 Å². The van der Waals surface area contributed by atoms with Gasteiger partial charge in [0.25, 0.3) is 0 Å². The number of carboxylic acids is 1. The molecule has 124 valence electrons. The molecule has 7 heteroatoms. The Bertz CT molecular complexity index is 800. The summed E-state index contributed by atoms with van der Waals surface area (Å²) < 4.78 is 25.5. The quantitative estimate of drug-likeness (QED) is 0.890. The highest BCUT2D eigenvalue weighted by Crippen LogP contribution is 2.48. The smallest absolute Gasteiger partial charge is 0.323 e. The Morgan fingerprint density at radius 2 is 1.92 bits per heavy atom. The summed E-state index contributed by atoms with van der Waals surface area (Å²) in [7, 11) is 0. The van der Waals surface area contributed by atoms with Gasteiger partial charge in [-0.1, -0.05) is 30.3 Å². The summed E-state index contributed by atoms with van der Waals surface area (Å²) >= 11 is 0.724. The lowest BCUT2D eigenvalue weighted by Gasteiger charge is -2.29. The maximum atomic E-state index is 14.0. The summed E-state index contributed by atoms with van der Waals surface area (Å²) in [4.78, 5) is 23.9. The molecule has 1 saturated heterocycles. The second-order valence-electron chi connectivity index (χ2n) is 5.46. The summed E-state index contributed by atoms with van der Waals surface area (Å²) in [5.41, 5.74) is 0.612. The largest absolute Gasteiger partial charge is 0.480 e. The molecular weight excluding hydrogens is 336 g/mol. The number of carboxylic acid groups (broad SMARTS) is 1. The first-order chi connectivity index (χ1) is 11.4. The van der Waals surface area contributed by atoms with Gasteiger partial charge in [-0.15, -0.1) is 11.8 Å². The first kappa shape index (κ1) is 16.4. The molecule has 0 radical (unpaired) electrons. The van der Waals surface area contributed by atoms with E-state index in [1.54, 1.807) is 30.3 Å². The van der Waals surface area contributed by atoms with E-state index in [1.807, 2.05) is 0 Å². The lowest BCUT2D eigenvalue weighted by Crippen LogP contribution is -2.40. The zero-order valence-electron chi connectivity index (χ0n) is 12.3. The van der Waals surface area contributed by atoms with Crippen molar-refractivity contribution in [2.45, 2.75) is 22.1 Å². The van der Waals surface area contributed by atoms with Crippen LogP contribution in [0.1, 0.15) is 18.0 Å². The average Bonchev–Trinajstić information content (AvgIpc) is 2.89. The molecule has 2 atom stereocenters. The molecule has 4 nitrogen and oxygen atoms in total. The van der Waals surface area contributed by atoms with Crippen LogP contribution in [0.3, 0.4) is 0 Å². The number of nitrogens with one attached hydrogen (secondary N) is 1. The summed E-state index contributed by atoms with van der Waals surface area (Å²) in [5.74, 6) is -3.27. The van der Waals surface area contributed by atoms with Crippen molar-refractivity contribution in [2.75, 3.05) is 0 Å². The number of carbonyl (C=O) groups excluding carboxylic acids is 1. The van der Waals surface area contributed by atoms with Crippen LogP contribution in [0.2, 0.25) is 0 Å². The highest BCUT2D eigenvalue weighted by molar-refractivity contribution is 8.01. The summed E-state index contributed by atoms with van der Waals surface area (Å²) in [6.45, 7) is 0. The molecule has 24 heavy (non-hydrogen) atoms. The van der Waals surface area contributed by atoms with Crippen molar-refractivity contribution in [1.82, 2.24) is 5.32 Å². The van der Waals surface area contributed by atoms with Crippen molar-refractivity contribution in [1.29, 1.82) is 0 Å². The lowest BCUT2D eigenvalue weighted by atomic mass is 9.93. The molecule has 1 fully saturated rings. The molecule has 2 N–H and O–H groups in total. The van der Waals surface area contributed by atoms with Crippen LogP contribution in [0.15, 0.2) is 53.4 Å². The third-order valence-electron chi connectivity index (χ3n) is 3.88. The van der Waals surface area contributed by atoms with Crippen LogP contribution in [0, 0.1) is 11.6 Å². The predicted molar refractivity (Wildman–Crippen MR) is 84.5 cm³/mol. The van der Waals surface area contributed by atoms with Gasteiger partial charge in [0.2, 0.25) is 5.91 Å². The second kappa shape index (κ2) is 6.24. The minimum atomic E-state index is -1.61. The molecule has 0 bridgehead atoms. The normalized spacial score (nSPS) is 23.1. The molecule has 1 aliphatic rings. The Hall–Kier alpha value is -2.41. The zero-order valence-corrected chi connectivity index (χ0v) is 13.1. The van der Waals surface area contributed by atoms with Crippen molar-refractivity contribution in [3.63, 3.8) is 0 Å². The molecule has 0 aliphatic carbocycles. The molecule has 0 aromatic heterocycles. The molecule has 1 aliphatic heterocycles. The Kier molecular flexibility index (Phi) is 4.28. The van der Waals surface area contributed by atoms with Gasteiger partial charge >= 0.3 is 5.97 Å². The highest BCUT2D eigenvalue weighted by atomic mass is 32.2. The molecule has 3 rings (SSSR count). The third-order valence-corrected chi connectivity index (χ3v) is 5.35. The molecule has 2 aromatic rings. The van der Waals surface area contributed by atoms with Crippen molar-refractivity contribution in [2.24, 2.45) is 0 Å². The maximum Gasteiger partial charge on any atom is 0.323 e. The monoisotopic (exact) mass is 349 g/mol. The number of halogens is 2. The SMILES string of the molecule is O=C1CC(Sc2ccc(F)cc2F)(C(=O)O)C(c2ccccc2)N1. The van der Waals surface area contributed by atoms with Gasteiger partial charge < -0.3 is 10.4 Å². The lowest BCUT2D eigenvalue weighted by molar-refractivity contribution is -0.140. The van der Waals surface area contributed by atoms with Gasteiger partial charge in [0.1, 0.15) is 11.6 Å². The van der Waals surface area contributed by atoms with E-state index in [0.717, 1.165) is 17.8 Å². The van der Waals surface area contributed by atoms with Crippen LogP contribution in [-0.2, 0) is 9.59 Å². The third kappa shape index (κ3) is 2.87. The number of carbonyl (C=O) groups is 2. The maximum absolute atomic E-state index is 14.0. The van der Waals surface area contributed by atoms with E-state index < -0.39 is 34.3 Å². The van der Waals surface area contributed by atoms with Crippen LogP contribution >= 0.6 is 11.8 Å². The van der Waals surface area contributed by atoms with E-state index in [9.17, 15) is 23.5 Å². The van der Waals surface area contributed by atoms with Gasteiger partial charge in [0.15, 0.2) is 4.75 Å². The van der Waals surface area contributed by atoms with Crippen LogP contribution in [0.4, 0.5) is 8.78 Å². The molecule has 1 amide bonds. The Labute approximate surface area is 140 Å². The van der Waals surface area contributed by atoms with Crippen molar-refractivity contribution in [3.8, 4) is 0 Å². The van der Waals surface area contributed by atoms with Gasteiger partial charge in [0, 0.05) is 11.0 Å². The number of thioether (sulfide) groups is 1. The Balaban J connectivity index is 2.06. The molecule has 0 spiro atoms. The van der Waals surface area contributed by atoms with Crippen molar-refractivity contribution >= 4 is 23.6 Å². The van der Waals surface area contributed by atoms with Gasteiger partial charge in [-0.3, -0.25) is 9.59 Å². The zero-order chi connectivity index (χ0) is 17.3. The number of hydrogen-bond acceptors (Lipinski definition) is 3. The highest BCUT2D eigenvalue weighted by Gasteiger charge is 2.55. The minimum absolute atomic E-state index is 0.0174. The number of rotatable bonds is 4. The number of aliphatic carboxylic acids is 1. The summed E-state index contributed by atoms with van der Waals surface area (Å²) in [6.07, 6.45) is -0.302. The molecule has 2 unspecified atom stereocenters. The van der Waals surface area contributed by atoms with E-state index in [-0.39, 0.29) is 11.3 Å². The number of amides is 1. The Morgan fingerprint density at radius 1 is 1.21 bits per heavy atom. The fraction of sp³-hybridized carbons (Fsp3) is 0.176. The topological polar surface area (TPSA) is 66.4 Å². The van der Waals surface area contributed by atoms with E-state index in [1.165, 1.54) is 6.07 Å². The van der Waals surface area contributed by atoms with Crippen molar-refractivity contribution < 1.29 is 23.5 Å². The van der Waals surface area contributed by atoms with Gasteiger partial charge in [-0.2, -0.15) is 0 Å². The molecule has 0 saturated carbocycles. The Morgan fingerprint density at radius 3 is 2.54 bits per heavy atom. The fourth-order valence-corrected chi connectivity index (χ4v) is 4.05. The van der Waals surface area contributed by atoms with E-state index in [2.05, 4.69) is 5.32 Å². The summed E-state index contributed by atoms with van der Waals surface area (Å²) in [5, 5.41) is 12.5. The molecular formula is C17H13F2NO3S. The first-order valence-corrected chi connectivity index (χ1v) is 7.96.